The second-order valence-electron chi connectivity index (χ2n) is 10.4. The Kier molecular flexibility index (Phi) is 8.43. The van der Waals surface area contributed by atoms with E-state index in [1.165, 1.54) is 0 Å². The first kappa shape index (κ1) is 29.4. The molecule has 13 heteroatoms. The van der Waals surface area contributed by atoms with Crippen LogP contribution in [0.15, 0.2) is 48.8 Å². The fourth-order valence-electron chi connectivity index (χ4n) is 5.20. The third-order valence-electron chi connectivity index (χ3n) is 7.54. The highest BCUT2D eigenvalue weighted by molar-refractivity contribution is 5.96. The Morgan fingerprint density at radius 2 is 1.57 bits per heavy atom. The maximum atomic E-state index is 13.3. The third kappa shape index (κ3) is 6.53. The number of aliphatic hydroxyl groups excluding tert-OH is 2. The average molecular weight is 587 g/mol. The molecule has 0 radical (unpaired) electrons. The van der Waals surface area contributed by atoms with Crippen LogP contribution in [0.3, 0.4) is 0 Å². The minimum absolute atomic E-state index is 0.125. The lowest BCUT2D eigenvalue weighted by atomic mass is 9.91. The molecule has 3 aromatic rings. The Labute approximate surface area is 238 Å². The number of carboxylic acid groups (broad SMARTS) is 1. The van der Waals surface area contributed by atoms with Crippen molar-refractivity contribution in [3.05, 3.63) is 87.9 Å². The van der Waals surface area contributed by atoms with Gasteiger partial charge in [0.2, 0.25) is 0 Å². The smallest absolute Gasteiger partial charge is 0.434 e. The molecule has 42 heavy (non-hydrogen) atoms. The van der Waals surface area contributed by atoms with Crippen molar-refractivity contribution in [2.24, 2.45) is 0 Å². The van der Waals surface area contributed by atoms with Gasteiger partial charge in [0.05, 0.1) is 30.6 Å². The molecular weight excluding hydrogens is 557 g/mol. The van der Waals surface area contributed by atoms with Gasteiger partial charge in [-0.15, -0.1) is 0 Å². The second kappa shape index (κ2) is 12.0. The van der Waals surface area contributed by atoms with Crippen LogP contribution in [-0.2, 0) is 36.6 Å². The predicted octanol–water partition coefficient (Wildman–Crippen LogP) is 2.41. The van der Waals surface area contributed by atoms with Crippen LogP contribution in [0.5, 0.6) is 0 Å². The Bertz CT molecular complexity index is 1480. The van der Waals surface area contributed by atoms with Crippen molar-refractivity contribution in [3.8, 4) is 0 Å². The molecule has 2 aromatic carbocycles. The van der Waals surface area contributed by atoms with Gasteiger partial charge in [0.15, 0.2) is 5.69 Å². The van der Waals surface area contributed by atoms with E-state index in [1.807, 2.05) is 24.3 Å². The van der Waals surface area contributed by atoms with Crippen LogP contribution in [0, 0.1) is 0 Å². The molecule has 8 rings (SSSR count). The number of hydrogen-bond acceptors (Lipinski definition) is 8. The standard InChI is InChI=1S/C29H29F3N4O6/c30-29(31,32)23-12-33-13-24(36-23)35-21-14-42-22(26(38)25(21)37)11-34-27(39)19-9-15-1-5-17(19)6-2-16-4-8-18(7-3-15)20(10-16)28(40)41/h1,4-5,8-10,12-13,21-22,25-26,37-38H,2-3,6-7,11,14H2,(H,34,39)(H,35,36)(H,40,41)/t21-,22+,25+,26-/m0/s1. The van der Waals surface area contributed by atoms with Gasteiger partial charge in [0.25, 0.3) is 5.91 Å². The number of aromatic carboxylic acids is 1. The quantitative estimate of drug-likeness (QED) is 0.293. The van der Waals surface area contributed by atoms with Crippen LogP contribution in [-0.4, -0.2) is 74.7 Å². The number of nitrogens with zero attached hydrogens (tertiary/aromatic N) is 2. The van der Waals surface area contributed by atoms with Crippen LogP contribution < -0.4 is 10.6 Å². The lowest BCUT2D eigenvalue weighted by Crippen LogP contribution is -2.58. The summed E-state index contributed by atoms with van der Waals surface area (Å²) in [5, 5.41) is 36.3. The molecule has 4 aliphatic carbocycles. The van der Waals surface area contributed by atoms with Gasteiger partial charge >= 0.3 is 12.1 Å². The largest absolute Gasteiger partial charge is 0.478 e. The first-order valence-corrected chi connectivity index (χ1v) is 13.4. The summed E-state index contributed by atoms with van der Waals surface area (Å²) in [7, 11) is 0. The number of alkyl halides is 3. The van der Waals surface area contributed by atoms with Crippen molar-refractivity contribution < 1.29 is 42.8 Å². The Hall–Kier alpha value is -4.07. The van der Waals surface area contributed by atoms with E-state index in [0.717, 1.165) is 28.5 Å². The van der Waals surface area contributed by atoms with Gasteiger partial charge in [-0.05, 0) is 60.1 Å². The summed E-state index contributed by atoms with van der Waals surface area (Å²) in [6.45, 7) is -0.298. The summed E-state index contributed by atoms with van der Waals surface area (Å²) in [6.07, 6.45) is -4.86. The molecule has 10 nitrogen and oxygen atoms in total. The van der Waals surface area contributed by atoms with Gasteiger partial charge < -0.3 is 30.7 Å². The van der Waals surface area contributed by atoms with Crippen molar-refractivity contribution in [2.75, 3.05) is 18.5 Å². The average Bonchev–Trinajstić information content (AvgIpc) is 2.95. The predicted molar refractivity (Wildman–Crippen MR) is 143 cm³/mol. The van der Waals surface area contributed by atoms with Crippen molar-refractivity contribution in [1.82, 2.24) is 15.3 Å². The molecule has 4 bridgehead atoms. The highest BCUT2D eigenvalue weighted by Gasteiger charge is 2.39. The van der Waals surface area contributed by atoms with Crippen LogP contribution in [0.1, 0.15) is 48.7 Å². The number of halogens is 3. The van der Waals surface area contributed by atoms with Crippen molar-refractivity contribution >= 4 is 17.7 Å². The number of ether oxygens (including phenoxy) is 1. The second-order valence-corrected chi connectivity index (χ2v) is 10.4. The van der Waals surface area contributed by atoms with Crippen LogP contribution >= 0.6 is 0 Å². The van der Waals surface area contributed by atoms with E-state index in [0.29, 0.717) is 37.4 Å². The summed E-state index contributed by atoms with van der Waals surface area (Å²) in [5.74, 6) is -1.60. The summed E-state index contributed by atoms with van der Waals surface area (Å²) < 4.78 is 44.5. The van der Waals surface area contributed by atoms with Gasteiger partial charge in [0.1, 0.15) is 24.1 Å². The van der Waals surface area contributed by atoms with Gasteiger partial charge in [0, 0.05) is 12.1 Å². The van der Waals surface area contributed by atoms with Crippen molar-refractivity contribution in [3.63, 3.8) is 0 Å². The van der Waals surface area contributed by atoms with Crippen LogP contribution in [0.2, 0.25) is 0 Å². The fraction of sp³-hybridized carbons (Fsp3) is 0.379. The van der Waals surface area contributed by atoms with E-state index in [1.54, 1.807) is 12.1 Å². The molecule has 5 aliphatic rings. The number of carboxylic acids is 1. The zero-order chi connectivity index (χ0) is 30.0. The van der Waals surface area contributed by atoms with Gasteiger partial charge in [-0.2, -0.15) is 13.2 Å². The molecule has 2 heterocycles. The van der Waals surface area contributed by atoms with E-state index in [9.17, 15) is 38.1 Å². The summed E-state index contributed by atoms with van der Waals surface area (Å²) in [5.41, 5.74) is 2.73. The number of anilines is 1. The maximum absolute atomic E-state index is 13.3. The number of nitrogens with one attached hydrogen (secondary N) is 2. The highest BCUT2D eigenvalue weighted by atomic mass is 19.4. The zero-order valence-electron chi connectivity index (χ0n) is 22.3. The number of aromatic nitrogens is 2. The van der Waals surface area contributed by atoms with Crippen LogP contribution in [0.4, 0.5) is 19.0 Å². The number of amides is 1. The number of aryl methyl sites for hydroxylation is 4. The first-order chi connectivity index (χ1) is 20.0. The van der Waals surface area contributed by atoms with Gasteiger partial charge in [-0.3, -0.25) is 9.78 Å². The molecule has 1 aliphatic heterocycles. The van der Waals surface area contributed by atoms with Crippen molar-refractivity contribution in [1.29, 1.82) is 0 Å². The number of carbonyl (C=O) groups is 2. The number of carbonyl (C=O) groups excluding carboxylic acids is 1. The molecule has 1 fully saturated rings. The number of hydrogen-bond donors (Lipinski definition) is 5. The van der Waals surface area contributed by atoms with Gasteiger partial charge in [-0.25, -0.2) is 9.78 Å². The topological polar surface area (TPSA) is 154 Å². The Morgan fingerprint density at radius 1 is 0.929 bits per heavy atom. The number of rotatable bonds is 6. The monoisotopic (exact) mass is 586 g/mol. The minimum atomic E-state index is -4.69. The molecule has 0 saturated carbocycles. The third-order valence-corrected chi connectivity index (χ3v) is 7.54. The summed E-state index contributed by atoms with van der Waals surface area (Å²) in [4.78, 5) is 32.0. The lowest BCUT2D eigenvalue weighted by Gasteiger charge is -2.38. The molecule has 222 valence electrons. The van der Waals surface area contributed by atoms with E-state index in [2.05, 4.69) is 20.6 Å². The van der Waals surface area contributed by atoms with Gasteiger partial charge in [-0.1, -0.05) is 24.3 Å². The molecule has 0 unspecified atom stereocenters. The maximum Gasteiger partial charge on any atom is 0.434 e. The molecule has 1 amide bonds. The number of aliphatic hydroxyl groups is 2. The molecule has 5 N–H and O–H groups in total. The Morgan fingerprint density at radius 3 is 2.21 bits per heavy atom. The van der Waals surface area contributed by atoms with E-state index >= 15 is 0 Å². The minimum Gasteiger partial charge on any atom is -0.478 e. The SMILES string of the molecule is O=C(O)c1cc2ccc1CCc1ccc(c(C(=O)NC[C@H]3OC[C@H](Nc4cncc(C(F)(F)F)n4)[C@@H](O)[C@H]3O)c1)CC2. The first-order valence-electron chi connectivity index (χ1n) is 13.4. The molecule has 4 atom stereocenters. The van der Waals surface area contributed by atoms with Crippen LogP contribution in [0.25, 0.3) is 0 Å². The lowest BCUT2D eigenvalue weighted by molar-refractivity contribution is -0.141. The zero-order valence-corrected chi connectivity index (χ0v) is 22.3. The van der Waals surface area contributed by atoms with E-state index in [4.69, 9.17) is 4.74 Å². The van der Waals surface area contributed by atoms with E-state index < -0.39 is 48.1 Å². The molecule has 0 spiro atoms. The normalized spacial score (nSPS) is 22.2. The molecular formula is C29H29F3N4O6. The fourth-order valence-corrected chi connectivity index (χ4v) is 5.20. The highest BCUT2D eigenvalue weighted by Crippen LogP contribution is 2.28. The molecule has 1 saturated heterocycles. The summed E-state index contributed by atoms with van der Waals surface area (Å²) in [6, 6.07) is 10.1. The van der Waals surface area contributed by atoms with E-state index in [-0.39, 0.29) is 24.5 Å². The summed E-state index contributed by atoms with van der Waals surface area (Å²) >= 11 is 0. The van der Waals surface area contributed by atoms with Crippen molar-refractivity contribution in [2.45, 2.75) is 56.2 Å². The number of benzene rings is 2. The Balaban J connectivity index is 1.22. The molecule has 1 aromatic heterocycles.